The van der Waals surface area contributed by atoms with Crippen LogP contribution in [0.2, 0.25) is 0 Å². The second-order valence-corrected chi connectivity index (χ2v) is 4.64. The van der Waals surface area contributed by atoms with E-state index >= 15 is 0 Å². The van der Waals surface area contributed by atoms with Crippen LogP contribution in [0.15, 0.2) is 43.2 Å². The van der Waals surface area contributed by atoms with E-state index in [2.05, 4.69) is 30.7 Å². The number of hydrogen-bond acceptors (Lipinski definition) is 5. The molecule has 0 radical (unpaired) electrons. The largest absolute Gasteiger partial charge is 0.324 e. The van der Waals surface area contributed by atoms with E-state index in [0.29, 0.717) is 17.1 Å². The fraction of sp³-hybridized carbons (Fsp3) is 0.0714. The van der Waals surface area contributed by atoms with E-state index < -0.39 is 11.8 Å². The first kappa shape index (κ1) is 14.6. The molecule has 0 aliphatic carbocycles. The quantitative estimate of drug-likeness (QED) is 0.772. The molecule has 0 saturated heterocycles. The number of carbonyl (C=O) groups is 1. The Hall–Kier alpha value is -3.36. The van der Waals surface area contributed by atoms with Gasteiger partial charge in [0, 0.05) is 11.8 Å². The van der Waals surface area contributed by atoms with Crippen molar-refractivity contribution in [2.75, 3.05) is 10.6 Å². The van der Waals surface area contributed by atoms with E-state index in [1.165, 1.54) is 35.8 Å². The van der Waals surface area contributed by atoms with Crippen LogP contribution in [0.3, 0.4) is 0 Å². The molecule has 2 heterocycles. The second kappa shape index (κ2) is 6.18. The molecular formula is C14H12FN7O. The molecule has 2 amide bonds. The van der Waals surface area contributed by atoms with Gasteiger partial charge >= 0.3 is 6.03 Å². The molecule has 3 rings (SSSR count). The number of urea groups is 1. The van der Waals surface area contributed by atoms with Crippen molar-refractivity contribution >= 4 is 17.5 Å². The number of halogens is 1. The number of hydrogen-bond donors (Lipinski definition) is 2. The SMILES string of the molecule is Cc1ccc(NC(=O)Nc2cc(-n3cncn3)ncn2)cc1F. The molecule has 116 valence electrons. The highest BCUT2D eigenvalue weighted by molar-refractivity contribution is 5.99. The molecule has 2 N–H and O–H groups in total. The maximum Gasteiger partial charge on any atom is 0.324 e. The monoisotopic (exact) mass is 313 g/mol. The summed E-state index contributed by atoms with van der Waals surface area (Å²) in [6, 6.07) is 5.42. The van der Waals surface area contributed by atoms with Crippen molar-refractivity contribution in [2.24, 2.45) is 0 Å². The van der Waals surface area contributed by atoms with Gasteiger partial charge in [-0.05, 0) is 24.6 Å². The molecule has 3 aromatic rings. The lowest BCUT2D eigenvalue weighted by Gasteiger charge is -2.08. The predicted molar refractivity (Wildman–Crippen MR) is 80.7 cm³/mol. The fourth-order valence-corrected chi connectivity index (χ4v) is 1.82. The molecule has 0 spiro atoms. The molecule has 8 nitrogen and oxygen atoms in total. The van der Waals surface area contributed by atoms with Crippen molar-refractivity contribution in [3.8, 4) is 5.82 Å². The Bertz CT molecular complexity index is 835. The Morgan fingerprint density at radius 2 is 2.04 bits per heavy atom. The number of rotatable bonds is 3. The van der Waals surface area contributed by atoms with E-state index in [-0.39, 0.29) is 5.82 Å². The number of benzene rings is 1. The maximum absolute atomic E-state index is 13.5. The van der Waals surface area contributed by atoms with Crippen molar-refractivity contribution in [3.05, 3.63) is 54.6 Å². The minimum Gasteiger partial charge on any atom is -0.308 e. The Kier molecular flexibility index (Phi) is 3.91. The molecular weight excluding hydrogens is 301 g/mol. The van der Waals surface area contributed by atoms with E-state index in [9.17, 15) is 9.18 Å². The number of aryl methyl sites for hydroxylation is 1. The van der Waals surface area contributed by atoms with Crippen molar-refractivity contribution in [3.63, 3.8) is 0 Å². The normalized spacial score (nSPS) is 10.3. The second-order valence-electron chi connectivity index (χ2n) is 4.64. The molecule has 0 fully saturated rings. The first-order valence-corrected chi connectivity index (χ1v) is 6.63. The average Bonchev–Trinajstić information content (AvgIpc) is 3.05. The summed E-state index contributed by atoms with van der Waals surface area (Å²) in [4.78, 5) is 23.7. The summed E-state index contributed by atoms with van der Waals surface area (Å²) in [5.74, 6) is 0.336. The minimum atomic E-state index is -0.545. The van der Waals surface area contributed by atoms with Crippen LogP contribution in [-0.2, 0) is 0 Å². The van der Waals surface area contributed by atoms with Crippen LogP contribution >= 0.6 is 0 Å². The first-order valence-electron chi connectivity index (χ1n) is 6.63. The Labute approximate surface area is 130 Å². The van der Waals surface area contributed by atoms with Gasteiger partial charge in [-0.1, -0.05) is 6.07 Å². The summed E-state index contributed by atoms with van der Waals surface area (Å²) in [5.41, 5.74) is 0.848. The summed E-state index contributed by atoms with van der Waals surface area (Å²) < 4.78 is 14.9. The van der Waals surface area contributed by atoms with Gasteiger partial charge in [0.25, 0.3) is 0 Å². The molecule has 0 atom stereocenters. The molecule has 9 heteroatoms. The average molecular weight is 313 g/mol. The highest BCUT2D eigenvalue weighted by atomic mass is 19.1. The van der Waals surface area contributed by atoms with E-state index in [0.717, 1.165) is 0 Å². The summed E-state index contributed by atoms with van der Waals surface area (Å²) in [6.45, 7) is 1.64. The van der Waals surface area contributed by atoms with Crippen molar-refractivity contribution in [1.82, 2.24) is 24.7 Å². The van der Waals surface area contributed by atoms with Gasteiger partial charge in [-0.3, -0.25) is 5.32 Å². The lowest BCUT2D eigenvalue weighted by molar-refractivity contribution is 0.262. The van der Waals surface area contributed by atoms with Crippen LogP contribution < -0.4 is 10.6 Å². The predicted octanol–water partition coefficient (Wildman–Crippen LogP) is 2.15. The highest BCUT2D eigenvalue weighted by Gasteiger charge is 2.07. The van der Waals surface area contributed by atoms with Gasteiger partial charge in [0.15, 0.2) is 5.82 Å². The van der Waals surface area contributed by atoms with Gasteiger partial charge in [0.2, 0.25) is 0 Å². The smallest absolute Gasteiger partial charge is 0.308 e. The van der Waals surface area contributed by atoms with Gasteiger partial charge in [0.1, 0.15) is 30.6 Å². The Morgan fingerprint density at radius 3 is 2.78 bits per heavy atom. The molecule has 0 saturated carbocycles. The van der Waals surface area contributed by atoms with Gasteiger partial charge in [-0.15, -0.1) is 0 Å². The fourth-order valence-electron chi connectivity index (χ4n) is 1.82. The Balaban J connectivity index is 1.70. The minimum absolute atomic E-state index is 0.274. The zero-order chi connectivity index (χ0) is 16.2. The third kappa shape index (κ3) is 3.46. The molecule has 0 unspecified atom stereocenters. The number of carbonyl (C=O) groups excluding carboxylic acids is 1. The zero-order valence-electron chi connectivity index (χ0n) is 12.1. The maximum atomic E-state index is 13.5. The lowest BCUT2D eigenvalue weighted by Crippen LogP contribution is -2.20. The van der Waals surface area contributed by atoms with Gasteiger partial charge in [0.05, 0.1) is 0 Å². The topological polar surface area (TPSA) is 97.6 Å². The van der Waals surface area contributed by atoms with Crippen molar-refractivity contribution < 1.29 is 9.18 Å². The van der Waals surface area contributed by atoms with E-state index in [1.807, 2.05) is 0 Å². The number of nitrogens with one attached hydrogen (secondary N) is 2. The van der Waals surface area contributed by atoms with Crippen molar-refractivity contribution in [2.45, 2.75) is 6.92 Å². The zero-order valence-corrected chi connectivity index (χ0v) is 12.1. The molecule has 1 aromatic carbocycles. The van der Waals surface area contributed by atoms with Gasteiger partial charge in [-0.2, -0.15) is 5.10 Å². The molecule has 0 aliphatic rings. The summed E-state index contributed by atoms with van der Waals surface area (Å²) in [6.07, 6.45) is 4.13. The van der Waals surface area contributed by atoms with Gasteiger partial charge in [-0.25, -0.2) is 28.8 Å². The number of anilines is 2. The highest BCUT2D eigenvalue weighted by Crippen LogP contribution is 2.14. The van der Waals surface area contributed by atoms with Crippen LogP contribution in [0.25, 0.3) is 5.82 Å². The molecule has 2 aromatic heterocycles. The van der Waals surface area contributed by atoms with E-state index in [4.69, 9.17) is 0 Å². The third-order valence-corrected chi connectivity index (χ3v) is 2.98. The van der Waals surface area contributed by atoms with Crippen LogP contribution in [0.1, 0.15) is 5.56 Å². The Morgan fingerprint density at radius 1 is 1.17 bits per heavy atom. The molecule has 0 bridgehead atoms. The lowest BCUT2D eigenvalue weighted by atomic mass is 10.2. The van der Waals surface area contributed by atoms with Crippen LogP contribution in [0.4, 0.5) is 20.7 Å². The first-order chi connectivity index (χ1) is 11.1. The third-order valence-electron chi connectivity index (χ3n) is 2.98. The molecule has 0 aliphatic heterocycles. The number of aromatic nitrogens is 5. The van der Waals surface area contributed by atoms with E-state index in [1.54, 1.807) is 19.1 Å². The number of nitrogens with zero attached hydrogens (tertiary/aromatic N) is 5. The number of amides is 2. The van der Waals surface area contributed by atoms with Crippen molar-refractivity contribution in [1.29, 1.82) is 0 Å². The standard InChI is InChI=1S/C14H12FN7O/c1-9-2-3-10(4-11(9)15)20-14(23)21-12-5-13(18-7-17-12)22-8-16-6-19-22/h2-8H,1H3,(H2,17,18,20,21,23). The van der Waals surface area contributed by atoms with Crippen LogP contribution in [0.5, 0.6) is 0 Å². The van der Waals surface area contributed by atoms with Crippen LogP contribution in [0, 0.1) is 12.7 Å². The summed E-state index contributed by atoms with van der Waals surface area (Å²) in [5, 5.41) is 9.01. The summed E-state index contributed by atoms with van der Waals surface area (Å²) >= 11 is 0. The molecule has 23 heavy (non-hydrogen) atoms. The van der Waals surface area contributed by atoms with Crippen LogP contribution in [-0.4, -0.2) is 30.8 Å². The summed E-state index contributed by atoms with van der Waals surface area (Å²) in [7, 11) is 0. The van der Waals surface area contributed by atoms with Gasteiger partial charge < -0.3 is 5.32 Å².